The highest BCUT2D eigenvalue weighted by Gasteiger charge is 2.11. The van der Waals surface area contributed by atoms with Crippen molar-refractivity contribution in [1.29, 1.82) is 0 Å². The Kier molecular flexibility index (Phi) is 3.69. The number of nitrogens with one attached hydrogen (secondary N) is 3. The highest BCUT2D eigenvalue weighted by atomic mass is 16.3. The molecule has 20 heavy (non-hydrogen) atoms. The SMILES string of the molecule is C/C(=N\Nc1ccccc1C)c1c(O)[nH]c(=O)[nH]c1=O. The summed E-state index contributed by atoms with van der Waals surface area (Å²) in [6, 6.07) is 7.50. The van der Waals surface area contributed by atoms with E-state index in [9.17, 15) is 14.7 Å². The van der Waals surface area contributed by atoms with Gasteiger partial charge in [0.25, 0.3) is 5.56 Å². The van der Waals surface area contributed by atoms with E-state index in [0.717, 1.165) is 11.3 Å². The molecular weight excluding hydrogens is 260 g/mol. The van der Waals surface area contributed by atoms with E-state index in [4.69, 9.17) is 0 Å². The van der Waals surface area contributed by atoms with Crippen molar-refractivity contribution in [3.8, 4) is 5.88 Å². The molecule has 1 heterocycles. The van der Waals surface area contributed by atoms with Crippen LogP contribution in [0, 0.1) is 6.92 Å². The second-order valence-electron chi connectivity index (χ2n) is 4.26. The lowest BCUT2D eigenvalue weighted by atomic mass is 10.2. The number of aryl methyl sites for hydroxylation is 1. The number of para-hydroxylation sites is 1. The number of aromatic nitrogens is 2. The predicted octanol–water partition coefficient (Wildman–Crippen LogP) is 0.913. The van der Waals surface area contributed by atoms with E-state index in [1.165, 1.54) is 0 Å². The summed E-state index contributed by atoms with van der Waals surface area (Å²) >= 11 is 0. The first-order valence-electron chi connectivity index (χ1n) is 5.91. The Morgan fingerprint density at radius 1 is 1.25 bits per heavy atom. The van der Waals surface area contributed by atoms with Crippen molar-refractivity contribution in [2.24, 2.45) is 5.10 Å². The molecule has 1 aromatic heterocycles. The molecule has 0 amide bonds. The predicted molar refractivity (Wildman–Crippen MR) is 76.4 cm³/mol. The number of H-pyrrole nitrogens is 2. The van der Waals surface area contributed by atoms with Gasteiger partial charge in [0.2, 0.25) is 5.88 Å². The van der Waals surface area contributed by atoms with Crippen molar-refractivity contribution in [3.05, 3.63) is 56.2 Å². The molecule has 0 spiro atoms. The molecule has 0 aliphatic rings. The van der Waals surface area contributed by atoms with Crippen LogP contribution in [0.15, 0.2) is 39.0 Å². The van der Waals surface area contributed by atoms with Crippen LogP contribution in [0.25, 0.3) is 0 Å². The molecule has 0 aliphatic carbocycles. The average molecular weight is 274 g/mol. The molecule has 0 aliphatic heterocycles. The topological polar surface area (TPSA) is 110 Å². The Hall–Kier alpha value is -2.83. The highest BCUT2D eigenvalue weighted by molar-refractivity contribution is 6.00. The van der Waals surface area contributed by atoms with Crippen LogP contribution in [0.3, 0.4) is 0 Å². The van der Waals surface area contributed by atoms with E-state index in [-0.39, 0.29) is 11.3 Å². The van der Waals surface area contributed by atoms with E-state index in [1.54, 1.807) is 6.92 Å². The van der Waals surface area contributed by atoms with Crippen LogP contribution in [0.5, 0.6) is 5.88 Å². The minimum absolute atomic E-state index is 0.0781. The monoisotopic (exact) mass is 274 g/mol. The van der Waals surface area contributed by atoms with Crippen molar-refractivity contribution in [2.75, 3.05) is 5.43 Å². The maximum absolute atomic E-state index is 11.6. The molecular formula is C13H14N4O3. The lowest BCUT2D eigenvalue weighted by molar-refractivity contribution is 0.447. The fourth-order valence-corrected chi connectivity index (χ4v) is 1.71. The minimum Gasteiger partial charge on any atom is -0.494 e. The highest BCUT2D eigenvalue weighted by Crippen LogP contribution is 2.14. The van der Waals surface area contributed by atoms with Gasteiger partial charge in [-0.25, -0.2) is 4.79 Å². The number of anilines is 1. The number of aromatic hydroxyl groups is 1. The molecule has 0 fully saturated rings. The van der Waals surface area contributed by atoms with Gasteiger partial charge in [-0.2, -0.15) is 5.10 Å². The summed E-state index contributed by atoms with van der Waals surface area (Å²) in [6.07, 6.45) is 0. The molecule has 0 saturated carbocycles. The molecule has 1 aromatic carbocycles. The number of hydrogen-bond acceptors (Lipinski definition) is 5. The molecule has 2 rings (SSSR count). The molecule has 7 heteroatoms. The quantitative estimate of drug-likeness (QED) is 0.492. The van der Waals surface area contributed by atoms with Crippen LogP contribution < -0.4 is 16.7 Å². The molecule has 2 aromatic rings. The van der Waals surface area contributed by atoms with Crippen molar-refractivity contribution >= 4 is 11.4 Å². The van der Waals surface area contributed by atoms with Crippen molar-refractivity contribution < 1.29 is 5.11 Å². The summed E-state index contributed by atoms with van der Waals surface area (Å²) in [5, 5.41) is 13.7. The van der Waals surface area contributed by atoms with Gasteiger partial charge in [-0.15, -0.1) is 0 Å². The Morgan fingerprint density at radius 3 is 2.60 bits per heavy atom. The van der Waals surface area contributed by atoms with Crippen LogP contribution in [-0.2, 0) is 0 Å². The molecule has 0 unspecified atom stereocenters. The number of hydrogen-bond donors (Lipinski definition) is 4. The Morgan fingerprint density at radius 2 is 1.95 bits per heavy atom. The standard InChI is InChI=1S/C13H14N4O3/c1-7-5-3-4-6-9(7)17-16-8(2)10-11(18)14-13(20)15-12(10)19/h3-6,17H,1-2H3,(H3,14,15,18,19,20)/b16-8+. The van der Waals surface area contributed by atoms with E-state index in [1.807, 2.05) is 36.2 Å². The van der Waals surface area contributed by atoms with Crippen molar-refractivity contribution in [2.45, 2.75) is 13.8 Å². The summed E-state index contributed by atoms with van der Waals surface area (Å²) in [5.74, 6) is -0.508. The van der Waals surface area contributed by atoms with Gasteiger partial charge in [0.15, 0.2) is 0 Å². The van der Waals surface area contributed by atoms with E-state index >= 15 is 0 Å². The van der Waals surface area contributed by atoms with Gasteiger partial charge in [-0.05, 0) is 25.5 Å². The maximum Gasteiger partial charge on any atom is 0.328 e. The molecule has 104 valence electrons. The van der Waals surface area contributed by atoms with Crippen LogP contribution in [-0.4, -0.2) is 20.8 Å². The molecule has 0 saturated heterocycles. The van der Waals surface area contributed by atoms with Gasteiger partial charge in [0, 0.05) is 0 Å². The van der Waals surface area contributed by atoms with Gasteiger partial charge < -0.3 is 5.11 Å². The number of nitrogens with zero attached hydrogens (tertiary/aromatic N) is 1. The van der Waals surface area contributed by atoms with Gasteiger partial charge in [0.05, 0.1) is 11.4 Å². The van der Waals surface area contributed by atoms with E-state index in [0.29, 0.717) is 0 Å². The van der Waals surface area contributed by atoms with Gasteiger partial charge in [-0.3, -0.25) is 20.2 Å². The third kappa shape index (κ3) is 2.77. The van der Waals surface area contributed by atoms with Crippen LogP contribution in [0.4, 0.5) is 5.69 Å². The Balaban J connectivity index is 2.35. The lowest BCUT2D eigenvalue weighted by Crippen LogP contribution is -2.27. The zero-order chi connectivity index (χ0) is 14.7. The minimum atomic E-state index is -0.768. The fourth-order valence-electron chi connectivity index (χ4n) is 1.71. The largest absolute Gasteiger partial charge is 0.494 e. The van der Waals surface area contributed by atoms with Crippen molar-refractivity contribution in [1.82, 2.24) is 9.97 Å². The smallest absolute Gasteiger partial charge is 0.328 e. The Labute approximate surface area is 114 Å². The maximum atomic E-state index is 11.6. The molecule has 7 nitrogen and oxygen atoms in total. The summed E-state index contributed by atoms with van der Waals surface area (Å²) in [4.78, 5) is 26.8. The van der Waals surface area contributed by atoms with Crippen LogP contribution in [0.2, 0.25) is 0 Å². The average Bonchev–Trinajstić information content (AvgIpc) is 2.36. The first kappa shape index (κ1) is 13.6. The molecule has 0 bridgehead atoms. The number of benzene rings is 1. The summed E-state index contributed by atoms with van der Waals surface area (Å²) in [5.41, 5.74) is 3.30. The van der Waals surface area contributed by atoms with E-state index in [2.05, 4.69) is 15.5 Å². The molecule has 4 N–H and O–H groups in total. The summed E-state index contributed by atoms with van der Waals surface area (Å²) < 4.78 is 0. The first-order chi connectivity index (χ1) is 9.49. The summed E-state index contributed by atoms with van der Waals surface area (Å²) in [6.45, 7) is 3.46. The number of rotatable bonds is 3. The van der Waals surface area contributed by atoms with Crippen LogP contribution in [0.1, 0.15) is 18.1 Å². The fraction of sp³-hybridized carbons (Fsp3) is 0.154. The lowest BCUT2D eigenvalue weighted by Gasteiger charge is -2.06. The Bertz CT molecular complexity index is 774. The van der Waals surface area contributed by atoms with Gasteiger partial charge >= 0.3 is 5.69 Å². The third-order valence-electron chi connectivity index (χ3n) is 2.77. The normalized spacial score (nSPS) is 11.4. The number of hydrazone groups is 1. The molecule has 0 atom stereocenters. The second-order valence-corrected chi connectivity index (χ2v) is 4.26. The van der Waals surface area contributed by atoms with Crippen LogP contribution >= 0.6 is 0 Å². The zero-order valence-corrected chi connectivity index (χ0v) is 11.0. The van der Waals surface area contributed by atoms with E-state index < -0.39 is 17.1 Å². The first-order valence-corrected chi connectivity index (χ1v) is 5.91. The second kappa shape index (κ2) is 5.43. The summed E-state index contributed by atoms with van der Waals surface area (Å²) in [7, 11) is 0. The van der Waals surface area contributed by atoms with Gasteiger partial charge in [0.1, 0.15) is 5.56 Å². The zero-order valence-electron chi connectivity index (χ0n) is 11.0. The van der Waals surface area contributed by atoms with Gasteiger partial charge in [-0.1, -0.05) is 18.2 Å². The van der Waals surface area contributed by atoms with Crippen molar-refractivity contribution in [3.63, 3.8) is 0 Å². The number of aromatic amines is 2. The third-order valence-corrected chi connectivity index (χ3v) is 2.77. The molecule has 0 radical (unpaired) electrons.